The SMILES string of the molecule is O=C(O)CCN1CCOC(c2ccc(F)c(Br)c2)C1. The molecule has 0 spiro atoms. The van der Waals surface area contributed by atoms with Gasteiger partial charge in [0, 0.05) is 19.6 Å². The average molecular weight is 332 g/mol. The summed E-state index contributed by atoms with van der Waals surface area (Å²) < 4.78 is 19.3. The van der Waals surface area contributed by atoms with Crippen molar-refractivity contribution in [2.24, 2.45) is 0 Å². The van der Waals surface area contributed by atoms with Gasteiger partial charge in [-0.1, -0.05) is 6.07 Å². The van der Waals surface area contributed by atoms with E-state index in [9.17, 15) is 9.18 Å². The van der Waals surface area contributed by atoms with Gasteiger partial charge >= 0.3 is 5.97 Å². The number of morpholine rings is 1. The Morgan fingerprint density at radius 1 is 1.58 bits per heavy atom. The fourth-order valence-electron chi connectivity index (χ4n) is 2.07. The van der Waals surface area contributed by atoms with E-state index in [1.165, 1.54) is 6.07 Å². The van der Waals surface area contributed by atoms with Gasteiger partial charge < -0.3 is 9.84 Å². The van der Waals surface area contributed by atoms with Gasteiger partial charge in [0.2, 0.25) is 0 Å². The molecule has 0 aliphatic carbocycles. The molecule has 1 fully saturated rings. The van der Waals surface area contributed by atoms with Gasteiger partial charge in [0.15, 0.2) is 0 Å². The smallest absolute Gasteiger partial charge is 0.304 e. The summed E-state index contributed by atoms with van der Waals surface area (Å²) in [5.41, 5.74) is 0.897. The van der Waals surface area contributed by atoms with E-state index in [0.29, 0.717) is 24.2 Å². The van der Waals surface area contributed by atoms with Crippen LogP contribution in [0.15, 0.2) is 22.7 Å². The van der Waals surface area contributed by atoms with Crippen molar-refractivity contribution >= 4 is 21.9 Å². The first-order chi connectivity index (χ1) is 9.06. The monoisotopic (exact) mass is 331 g/mol. The van der Waals surface area contributed by atoms with Gasteiger partial charge in [0.05, 0.1) is 23.6 Å². The highest BCUT2D eigenvalue weighted by atomic mass is 79.9. The molecule has 19 heavy (non-hydrogen) atoms. The second-order valence-electron chi connectivity index (χ2n) is 4.48. The largest absolute Gasteiger partial charge is 0.481 e. The number of carboxylic acid groups (broad SMARTS) is 1. The minimum Gasteiger partial charge on any atom is -0.481 e. The zero-order valence-corrected chi connectivity index (χ0v) is 11.9. The number of hydrogen-bond acceptors (Lipinski definition) is 3. The molecule has 0 radical (unpaired) electrons. The summed E-state index contributed by atoms with van der Waals surface area (Å²) in [5.74, 6) is -1.10. The second-order valence-corrected chi connectivity index (χ2v) is 5.33. The Morgan fingerprint density at radius 3 is 3.05 bits per heavy atom. The molecule has 1 N–H and O–H groups in total. The lowest BCUT2D eigenvalue weighted by atomic mass is 10.1. The molecule has 0 bridgehead atoms. The van der Waals surface area contributed by atoms with Crippen molar-refractivity contribution in [2.45, 2.75) is 12.5 Å². The molecule has 0 amide bonds. The van der Waals surface area contributed by atoms with Crippen LogP contribution in [0.2, 0.25) is 0 Å². The van der Waals surface area contributed by atoms with E-state index in [-0.39, 0.29) is 18.3 Å². The second kappa shape index (κ2) is 6.45. The first-order valence-corrected chi connectivity index (χ1v) is 6.86. The van der Waals surface area contributed by atoms with Gasteiger partial charge in [-0.2, -0.15) is 0 Å². The summed E-state index contributed by atoms with van der Waals surface area (Å²) in [7, 11) is 0. The number of benzene rings is 1. The summed E-state index contributed by atoms with van der Waals surface area (Å²) in [4.78, 5) is 12.6. The van der Waals surface area contributed by atoms with Crippen LogP contribution < -0.4 is 0 Å². The molecule has 6 heteroatoms. The number of aliphatic carboxylic acids is 1. The number of carboxylic acids is 1. The van der Waals surface area contributed by atoms with Gasteiger partial charge in [-0.05, 0) is 33.6 Å². The van der Waals surface area contributed by atoms with Crippen molar-refractivity contribution in [2.75, 3.05) is 26.2 Å². The minimum absolute atomic E-state index is 0.125. The molecule has 1 unspecified atom stereocenters. The van der Waals surface area contributed by atoms with Gasteiger partial charge in [-0.3, -0.25) is 9.69 Å². The third-order valence-corrected chi connectivity index (χ3v) is 3.72. The van der Waals surface area contributed by atoms with Gasteiger partial charge in [-0.15, -0.1) is 0 Å². The molecule has 1 aromatic rings. The van der Waals surface area contributed by atoms with Crippen molar-refractivity contribution in [3.05, 3.63) is 34.1 Å². The van der Waals surface area contributed by atoms with Crippen molar-refractivity contribution in [3.8, 4) is 0 Å². The predicted octanol–water partition coefficient (Wildman–Crippen LogP) is 2.44. The Labute approximate surface area is 119 Å². The maximum Gasteiger partial charge on any atom is 0.304 e. The lowest BCUT2D eigenvalue weighted by Crippen LogP contribution is -2.39. The Kier molecular flexibility index (Phi) is 4.90. The van der Waals surface area contributed by atoms with Crippen LogP contribution in [-0.2, 0) is 9.53 Å². The highest BCUT2D eigenvalue weighted by Crippen LogP contribution is 2.26. The number of hydrogen-bond donors (Lipinski definition) is 1. The Bertz CT molecular complexity index is 469. The summed E-state index contributed by atoms with van der Waals surface area (Å²) in [6, 6.07) is 4.81. The zero-order valence-electron chi connectivity index (χ0n) is 10.3. The molecule has 1 aromatic carbocycles. The molecule has 1 saturated heterocycles. The molecule has 1 heterocycles. The maximum absolute atomic E-state index is 13.2. The Hall–Kier alpha value is -0.980. The first kappa shape index (κ1) is 14.4. The predicted molar refractivity (Wildman–Crippen MR) is 71.5 cm³/mol. The Balaban J connectivity index is 2.00. The quantitative estimate of drug-likeness (QED) is 0.920. The number of nitrogens with zero attached hydrogens (tertiary/aromatic N) is 1. The summed E-state index contributed by atoms with van der Waals surface area (Å²) in [6.07, 6.45) is -0.0146. The van der Waals surface area contributed by atoms with E-state index >= 15 is 0 Å². The van der Waals surface area contributed by atoms with Crippen LogP contribution in [-0.4, -0.2) is 42.2 Å². The van der Waals surface area contributed by atoms with Crippen LogP contribution in [0.5, 0.6) is 0 Å². The van der Waals surface area contributed by atoms with E-state index < -0.39 is 5.97 Å². The van der Waals surface area contributed by atoms with Gasteiger partial charge in [-0.25, -0.2) is 4.39 Å². The number of carbonyl (C=O) groups is 1. The van der Waals surface area contributed by atoms with E-state index in [4.69, 9.17) is 9.84 Å². The van der Waals surface area contributed by atoms with Crippen molar-refractivity contribution in [3.63, 3.8) is 0 Å². The van der Waals surface area contributed by atoms with Crippen LogP contribution in [0.4, 0.5) is 4.39 Å². The third kappa shape index (κ3) is 3.99. The minimum atomic E-state index is -0.799. The molecule has 0 saturated carbocycles. The van der Waals surface area contributed by atoms with Crippen LogP contribution in [0.3, 0.4) is 0 Å². The number of halogens is 2. The van der Waals surface area contributed by atoms with Crippen molar-refractivity contribution in [1.82, 2.24) is 4.90 Å². The van der Waals surface area contributed by atoms with Gasteiger partial charge in [0.25, 0.3) is 0 Å². The first-order valence-electron chi connectivity index (χ1n) is 6.07. The molecule has 4 nitrogen and oxygen atoms in total. The van der Waals surface area contributed by atoms with Crippen molar-refractivity contribution < 1.29 is 19.0 Å². The summed E-state index contributed by atoms with van der Waals surface area (Å²) in [6.45, 7) is 2.42. The Morgan fingerprint density at radius 2 is 2.37 bits per heavy atom. The molecule has 1 atom stereocenters. The average Bonchev–Trinajstić information content (AvgIpc) is 2.40. The molecule has 0 aromatic heterocycles. The zero-order chi connectivity index (χ0) is 13.8. The van der Waals surface area contributed by atoms with E-state index in [0.717, 1.165) is 12.1 Å². The summed E-state index contributed by atoms with van der Waals surface area (Å²) in [5, 5.41) is 8.69. The fourth-order valence-corrected chi connectivity index (χ4v) is 2.47. The van der Waals surface area contributed by atoms with Crippen LogP contribution in [0.1, 0.15) is 18.1 Å². The third-order valence-electron chi connectivity index (χ3n) is 3.11. The maximum atomic E-state index is 13.2. The topological polar surface area (TPSA) is 49.8 Å². The molecule has 2 rings (SSSR count). The van der Waals surface area contributed by atoms with Gasteiger partial charge in [0.1, 0.15) is 5.82 Å². The van der Waals surface area contributed by atoms with E-state index in [1.54, 1.807) is 12.1 Å². The van der Waals surface area contributed by atoms with Crippen molar-refractivity contribution in [1.29, 1.82) is 0 Å². The summed E-state index contributed by atoms with van der Waals surface area (Å²) >= 11 is 3.16. The molecule has 1 aliphatic rings. The molecule has 1 aliphatic heterocycles. The fraction of sp³-hybridized carbons (Fsp3) is 0.462. The normalized spacial score (nSPS) is 20.4. The van der Waals surface area contributed by atoms with Crippen LogP contribution >= 0.6 is 15.9 Å². The lowest BCUT2D eigenvalue weighted by molar-refractivity contribution is -0.137. The number of rotatable bonds is 4. The van der Waals surface area contributed by atoms with E-state index in [1.807, 2.05) is 0 Å². The molecular formula is C13H15BrFNO3. The standard InChI is InChI=1S/C13H15BrFNO3/c14-10-7-9(1-2-11(10)15)12-8-16(5-6-19-12)4-3-13(17)18/h1-2,7,12H,3-6,8H2,(H,17,18). The highest BCUT2D eigenvalue weighted by Gasteiger charge is 2.22. The van der Waals surface area contributed by atoms with E-state index in [2.05, 4.69) is 20.8 Å². The molecular weight excluding hydrogens is 317 g/mol. The van der Waals surface area contributed by atoms with Crippen LogP contribution in [0.25, 0.3) is 0 Å². The number of ether oxygens (including phenoxy) is 1. The highest BCUT2D eigenvalue weighted by molar-refractivity contribution is 9.10. The molecule has 104 valence electrons. The lowest BCUT2D eigenvalue weighted by Gasteiger charge is -2.32. The van der Waals surface area contributed by atoms with Crippen LogP contribution in [0, 0.1) is 5.82 Å².